The zero-order valence-electron chi connectivity index (χ0n) is 19.8. The molecule has 0 unspecified atom stereocenters. The SMILES string of the molecule is C=Cc1cccc(C)c1Nc1ncc(NC)cn1.COc1cc(OC)c(Cl)c(C=O)c1Cl.NC=O. The topological polar surface area (TPSA) is 128 Å². The summed E-state index contributed by atoms with van der Waals surface area (Å²) in [6, 6.07) is 7.57. The normalized spacial score (nSPS) is 9.31. The number of ether oxygens (including phenoxy) is 2. The molecule has 0 bridgehead atoms. The molecule has 0 fully saturated rings. The van der Waals surface area contributed by atoms with E-state index in [1.807, 2.05) is 38.2 Å². The van der Waals surface area contributed by atoms with Gasteiger partial charge in [-0.05, 0) is 18.1 Å². The number of aryl methyl sites for hydroxylation is 1. The molecule has 0 radical (unpaired) electrons. The molecule has 35 heavy (non-hydrogen) atoms. The number of methoxy groups -OCH3 is 2. The van der Waals surface area contributed by atoms with E-state index in [9.17, 15) is 4.79 Å². The van der Waals surface area contributed by atoms with Crippen LogP contribution in [0.5, 0.6) is 11.5 Å². The molecule has 3 rings (SSSR count). The number of aldehydes is 1. The van der Waals surface area contributed by atoms with Crippen molar-refractivity contribution >= 4 is 59.3 Å². The van der Waals surface area contributed by atoms with Crippen LogP contribution in [0.1, 0.15) is 21.5 Å². The lowest BCUT2D eigenvalue weighted by molar-refractivity contribution is -0.106. The Kier molecular flexibility index (Phi) is 12.6. The van der Waals surface area contributed by atoms with Gasteiger partial charge in [0.05, 0.1) is 53.6 Å². The van der Waals surface area contributed by atoms with E-state index in [0.717, 1.165) is 22.5 Å². The van der Waals surface area contributed by atoms with Gasteiger partial charge in [0.25, 0.3) is 0 Å². The Morgan fingerprint density at radius 2 is 1.60 bits per heavy atom. The Morgan fingerprint density at radius 3 is 2.03 bits per heavy atom. The number of primary amides is 1. The molecule has 0 saturated heterocycles. The van der Waals surface area contributed by atoms with E-state index in [-0.39, 0.29) is 22.0 Å². The number of hydrogen-bond acceptors (Lipinski definition) is 8. The minimum atomic E-state index is 0.171. The highest BCUT2D eigenvalue weighted by Crippen LogP contribution is 2.39. The van der Waals surface area contributed by atoms with Gasteiger partial charge in [0.2, 0.25) is 12.4 Å². The van der Waals surface area contributed by atoms with Gasteiger partial charge in [-0.3, -0.25) is 9.59 Å². The molecule has 11 heteroatoms. The fraction of sp³-hybridized carbons (Fsp3) is 0.167. The summed E-state index contributed by atoms with van der Waals surface area (Å²) in [4.78, 5) is 27.8. The zero-order chi connectivity index (χ0) is 26.4. The van der Waals surface area contributed by atoms with Crippen LogP contribution < -0.4 is 25.8 Å². The molecule has 3 aromatic rings. The molecule has 0 saturated carbocycles. The summed E-state index contributed by atoms with van der Waals surface area (Å²) >= 11 is 11.7. The fourth-order valence-corrected chi connectivity index (χ4v) is 3.26. The fourth-order valence-electron chi connectivity index (χ4n) is 2.67. The third-order valence-corrected chi connectivity index (χ3v) is 5.21. The first-order valence-electron chi connectivity index (χ1n) is 10.0. The van der Waals surface area contributed by atoms with Crippen LogP contribution in [-0.2, 0) is 4.79 Å². The van der Waals surface area contributed by atoms with Crippen LogP contribution in [0.4, 0.5) is 17.3 Å². The van der Waals surface area contributed by atoms with Crippen LogP contribution in [0.2, 0.25) is 10.0 Å². The molecule has 9 nitrogen and oxygen atoms in total. The lowest BCUT2D eigenvalue weighted by Crippen LogP contribution is -2.01. The molecular weight excluding hydrogens is 493 g/mol. The summed E-state index contributed by atoms with van der Waals surface area (Å²) in [5.74, 6) is 1.29. The Balaban J connectivity index is 0.000000323. The van der Waals surface area contributed by atoms with Gasteiger partial charge in [-0.25, -0.2) is 9.97 Å². The second-order valence-electron chi connectivity index (χ2n) is 6.49. The van der Waals surface area contributed by atoms with E-state index < -0.39 is 0 Å². The Morgan fingerprint density at radius 1 is 1.06 bits per heavy atom. The van der Waals surface area contributed by atoms with Crippen LogP contribution in [0, 0.1) is 6.92 Å². The van der Waals surface area contributed by atoms with Crippen molar-refractivity contribution in [2.75, 3.05) is 31.9 Å². The van der Waals surface area contributed by atoms with Crippen molar-refractivity contribution in [3.05, 3.63) is 70.0 Å². The number of hydrogen-bond donors (Lipinski definition) is 3. The highest BCUT2D eigenvalue weighted by molar-refractivity contribution is 6.40. The van der Waals surface area contributed by atoms with Gasteiger partial charge in [0.1, 0.15) is 11.5 Å². The molecule has 1 aromatic heterocycles. The molecule has 0 aliphatic carbocycles. The summed E-state index contributed by atoms with van der Waals surface area (Å²) in [5.41, 5.74) is 8.38. The number of rotatable bonds is 7. The zero-order valence-corrected chi connectivity index (χ0v) is 21.3. The van der Waals surface area contributed by atoms with E-state index in [1.54, 1.807) is 12.4 Å². The van der Waals surface area contributed by atoms with Crippen molar-refractivity contribution in [2.45, 2.75) is 6.92 Å². The summed E-state index contributed by atoms with van der Waals surface area (Å²) in [6.45, 7) is 5.85. The molecule has 0 spiro atoms. The number of halogens is 2. The molecule has 2 aromatic carbocycles. The highest BCUT2D eigenvalue weighted by Gasteiger charge is 2.16. The molecule has 4 N–H and O–H groups in total. The summed E-state index contributed by atoms with van der Waals surface area (Å²) in [5, 5.41) is 6.58. The minimum absolute atomic E-state index is 0.171. The van der Waals surface area contributed by atoms with E-state index in [0.29, 0.717) is 23.7 Å². The van der Waals surface area contributed by atoms with Gasteiger partial charge in [-0.15, -0.1) is 0 Å². The van der Waals surface area contributed by atoms with E-state index >= 15 is 0 Å². The maximum atomic E-state index is 10.7. The molecule has 0 aliphatic rings. The number of nitrogens with one attached hydrogen (secondary N) is 2. The van der Waals surface area contributed by atoms with Gasteiger partial charge in [-0.1, -0.05) is 54.1 Å². The van der Waals surface area contributed by atoms with E-state index in [4.69, 9.17) is 37.5 Å². The Labute approximate surface area is 214 Å². The largest absolute Gasteiger partial charge is 0.495 e. The van der Waals surface area contributed by atoms with Gasteiger partial charge >= 0.3 is 0 Å². The Bertz CT molecular complexity index is 1110. The van der Waals surface area contributed by atoms with Crippen molar-refractivity contribution in [3.8, 4) is 11.5 Å². The first-order chi connectivity index (χ1) is 16.8. The highest BCUT2D eigenvalue weighted by atomic mass is 35.5. The van der Waals surface area contributed by atoms with Crippen LogP contribution in [0.25, 0.3) is 6.08 Å². The van der Waals surface area contributed by atoms with Crippen LogP contribution in [0.15, 0.2) is 43.2 Å². The standard InChI is InChI=1S/C14H16N4.C9H8Cl2O3.CH3NO/c1-4-11-7-5-6-10(2)13(11)18-14-16-8-12(15-3)9-17-14;1-13-6-3-7(14-2)9(11)5(4-12)8(6)10;2-1-3/h4-9,15H,1H2,2-3H3,(H,16,17,18);3-4H,1-2H3;1H,(H2,2,3). The lowest BCUT2D eigenvalue weighted by Gasteiger charge is -2.11. The number of amides is 1. The minimum Gasteiger partial charge on any atom is -0.495 e. The smallest absolute Gasteiger partial charge is 0.227 e. The molecule has 0 atom stereocenters. The van der Waals surface area contributed by atoms with Crippen molar-refractivity contribution in [3.63, 3.8) is 0 Å². The quantitative estimate of drug-likeness (QED) is 0.366. The van der Waals surface area contributed by atoms with Gasteiger partial charge in [0.15, 0.2) is 6.29 Å². The van der Waals surface area contributed by atoms with Gasteiger partial charge in [0, 0.05) is 13.1 Å². The second kappa shape index (κ2) is 15.2. The number of aromatic nitrogens is 2. The van der Waals surface area contributed by atoms with E-state index in [1.165, 1.54) is 20.3 Å². The second-order valence-corrected chi connectivity index (χ2v) is 7.25. The summed E-state index contributed by atoms with van der Waals surface area (Å²) < 4.78 is 9.91. The number of para-hydroxylation sites is 1. The maximum absolute atomic E-state index is 10.7. The predicted molar refractivity (Wildman–Crippen MR) is 141 cm³/mol. The number of carbonyl (C=O) groups is 2. The average Bonchev–Trinajstić information content (AvgIpc) is 2.87. The van der Waals surface area contributed by atoms with Crippen LogP contribution in [0.3, 0.4) is 0 Å². The first-order valence-corrected chi connectivity index (χ1v) is 10.8. The maximum Gasteiger partial charge on any atom is 0.227 e. The van der Waals surface area contributed by atoms with Crippen LogP contribution in [-0.4, -0.2) is 43.9 Å². The number of carbonyl (C=O) groups excluding carboxylic acids is 2. The van der Waals surface area contributed by atoms with Crippen LogP contribution >= 0.6 is 23.2 Å². The monoisotopic (exact) mass is 519 g/mol. The summed E-state index contributed by atoms with van der Waals surface area (Å²) in [6.07, 6.45) is 6.11. The van der Waals surface area contributed by atoms with Crippen molar-refractivity contribution in [2.24, 2.45) is 5.73 Å². The predicted octanol–water partition coefficient (Wildman–Crippen LogP) is 5.14. The van der Waals surface area contributed by atoms with Gasteiger partial charge < -0.3 is 25.8 Å². The molecule has 0 aliphatic heterocycles. The van der Waals surface area contributed by atoms with Crippen molar-refractivity contribution in [1.29, 1.82) is 0 Å². The summed E-state index contributed by atoms with van der Waals surface area (Å²) in [7, 11) is 4.73. The van der Waals surface area contributed by atoms with Crippen molar-refractivity contribution < 1.29 is 19.1 Å². The number of nitrogens with two attached hydrogens (primary N) is 1. The number of nitrogens with zero attached hydrogens (tertiary/aromatic N) is 2. The molecule has 1 heterocycles. The number of anilines is 3. The first kappa shape index (κ1) is 29.2. The third-order valence-electron chi connectivity index (χ3n) is 4.43. The van der Waals surface area contributed by atoms with Gasteiger partial charge in [-0.2, -0.15) is 0 Å². The van der Waals surface area contributed by atoms with E-state index in [2.05, 4.69) is 32.9 Å². The molecule has 186 valence electrons. The average molecular weight is 520 g/mol. The van der Waals surface area contributed by atoms with Crippen molar-refractivity contribution in [1.82, 2.24) is 9.97 Å². The molecular formula is C24H27Cl2N5O4. The Hall–Kier alpha value is -3.82. The number of benzene rings is 2. The third kappa shape index (κ3) is 8.16. The lowest BCUT2D eigenvalue weighted by atomic mass is 10.1. The molecule has 1 amide bonds.